The number of hydrogen-bond donors (Lipinski definition) is 1. The van der Waals surface area contributed by atoms with Crippen LogP contribution in [0.5, 0.6) is 0 Å². The molecule has 0 saturated heterocycles. The number of aromatic nitrogens is 2. The maximum absolute atomic E-state index is 10.6. The van der Waals surface area contributed by atoms with E-state index in [1.807, 2.05) is 18.5 Å². The summed E-state index contributed by atoms with van der Waals surface area (Å²) in [6.07, 6.45) is 2.38. The summed E-state index contributed by atoms with van der Waals surface area (Å²) < 4.78 is 44.4. The molecule has 1 unspecified atom stereocenters. The van der Waals surface area contributed by atoms with Crippen LogP contribution < -0.4 is 0 Å². The molecule has 0 amide bonds. The van der Waals surface area contributed by atoms with Gasteiger partial charge in [-0.05, 0) is 6.07 Å². The fourth-order valence-corrected chi connectivity index (χ4v) is 2.73. The second-order valence-electron chi connectivity index (χ2n) is 5.92. The van der Waals surface area contributed by atoms with Gasteiger partial charge in [0.1, 0.15) is 5.82 Å². The Morgan fingerprint density at radius 2 is 2.19 bits per heavy atom. The molecule has 3 heterocycles. The van der Waals surface area contributed by atoms with Crippen LogP contribution in [0.3, 0.4) is 0 Å². The number of carboxylic acids is 1. The minimum Gasteiger partial charge on any atom is -0.475 e. The standard InChI is InChI=1S/C14H19N3O2.C2HF3O2/c1-18-10-13-7-16(6-12-2-5-19-11-12)9-14-15-3-4-17(14)8-13;3-2(4,5)1(6)7/h2-5,11,13H,6-10H2,1H3;(H,6,7). The van der Waals surface area contributed by atoms with Crippen LogP contribution >= 0.6 is 0 Å². The van der Waals surface area contributed by atoms with Crippen LogP contribution in [0.15, 0.2) is 35.4 Å². The fourth-order valence-electron chi connectivity index (χ4n) is 2.73. The number of hydrogen-bond acceptors (Lipinski definition) is 5. The van der Waals surface area contributed by atoms with E-state index in [1.165, 1.54) is 5.56 Å². The second kappa shape index (κ2) is 8.86. The Bertz CT molecular complexity index is 685. The molecule has 0 spiro atoms. The zero-order valence-corrected chi connectivity index (χ0v) is 14.1. The molecule has 0 radical (unpaired) electrons. The van der Waals surface area contributed by atoms with Crippen LogP contribution in [0.4, 0.5) is 13.2 Å². The van der Waals surface area contributed by atoms with Crippen molar-refractivity contribution in [2.24, 2.45) is 5.92 Å². The third-order valence-corrected chi connectivity index (χ3v) is 3.77. The molecule has 1 aliphatic heterocycles. The molecule has 10 heteroatoms. The van der Waals surface area contributed by atoms with Gasteiger partial charge in [-0.2, -0.15) is 13.2 Å². The van der Waals surface area contributed by atoms with E-state index in [1.54, 1.807) is 13.4 Å². The summed E-state index contributed by atoms with van der Waals surface area (Å²) in [6.45, 7) is 4.54. The summed E-state index contributed by atoms with van der Waals surface area (Å²) in [4.78, 5) is 15.7. The van der Waals surface area contributed by atoms with E-state index >= 15 is 0 Å². The highest BCUT2D eigenvalue weighted by Crippen LogP contribution is 2.18. The normalized spacial score (nSPS) is 17.8. The maximum atomic E-state index is 10.6. The molecule has 144 valence electrons. The molecule has 7 nitrogen and oxygen atoms in total. The number of ether oxygens (including phenoxy) is 1. The summed E-state index contributed by atoms with van der Waals surface area (Å²) in [5, 5.41) is 7.12. The van der Waals surface area contributed by atoms with Crippen LogP contribution in [-0.4, -0.2) is 52.0 Å². The summed E-state index contributed by atoms with van der Waals surface area (Å²) in [7, 11) is 1.76. The van der Waals surface area contributed by atoms with Crippen molar-refractivity contribution < 1.29 is 32.2 Å². The Hall–Kier alpha value is -2.33. The number of furan rings is 1. The van der Waals surface area contributed by atoms with Crippen molar-refractivity contribution in [2.75, 3.05) is 20.3 Å². The Kier molecular flexibility index (Phi) is 6.81. The van der Waals surface area contributed by atoms with Gasteiger partial charge in [-0.15, -0.1) is 0 Å². The van der Waals surface area contributed by atoms with Gasteiger partial charge in [0.25, 0.3) is 0 Å². The molecule has 1 N–H and O–H groups in total. The predicted molar refractivity (Wildman–Crippen MR) is 84.1 cm³/mol. The lowest BCUT2D eigenvalue weighted by molar-refractivity contribution is -0.192. The van der Waals surface area contributed by atoms with Gasteiger partial charge in [-0.1, -0.05) is 0 Å². The molecule has 2 aromatic rings. The topological polar surface area (TPSA) is 80.7 Å². The molecule has 0 aromatic carbocycles. The van der Waals surface area contributed by atoms with Crippen LogP contribution in [0.1, 0.15) is 11.4 Å². The van der Waals surface area contributed by atoms with Crippen molar-refractivity contribution in [3.63, 3.8) is 0 Å². The first-order valence-corrected chi connectivity index (χ1v) is 7.82. The summed E-state index contributed by atoms with van der Waals surface area (Å²) >= 11 is 0. The average molecular weight is 375 g/mol. The second-order valence-corrected chi connectivity index (χ2v) is 5.92. The third kappa shape index (κ3) is 5.88. The van der Waals surface area contributed by atoms with E-state index in [4.69, 9.17) is 19.1 Å². The van der Waals surface area contributed by atoms with Crippen LogP contribution in [0, 0.1) is 5.92 Å². The zero-order chi connectivity index (χ0) is 19.2. The number of aliphatic carboxylic acids is 1. The monoisotopic (exact) mass is 375 g/mol. The lowest BCUT2D eigenvalue weighted by atomic mass is 10.1. The minimum absolute atomic E-state index is 0.493. The number of alkyl halides is 3. The summed E-state index contributed by atoms with van der Waals surface area (Å²) in [5.41, 5.74) is 1.20. The van der Waals surface area contributed by atoms with E-state index in [0.717, 1.165) is 38.6 Å². The first kappa shape index (κ1) is 20.0. The Balaban J connectivity index is 0.000000298. The lowest BCUT2D eigenvalue weighted by Gasteiger charge is -2.22. The Labute approximate surface area is 148 Å². The van der Waals surface area contributed by atoms with E-state index in [-0.39, 0.29) is 0 Å². The summed E-state index contributed by atoms with van der Waals surface area (Å²) in [5.74, 6) is -1.14. The van der Waals surface area contributed by atoms with E-state index in [0.29, 0.717) is 5.92 Å². The van der Waals surface area contributed by atoms with Crippen LogP contribution in [0.2, 0.25) is 0 Å². The van der Waals surface area contributed by atoms with Crippen molar-refractivity contribution in [2.45, 2.75) is 25.8 Å². The number of rotatable bonds is 4. The molecule has 3 rings (SSSR count). The van der Waals surface area contributed by atoms with Crippen molar-refractivity contribution in [3.05, 3.63) is 42.4 Å². The average Bonchev–Trinajstić information content (AvgIpc) is 3.17. The van der Waals surface area contributed by atoms with Gasteiger partial charge in [0.05, 0.1) is 25.7 Å². The fraction of sp³-hybridized carbons (Fsp3) is 0.500. The smallest absolute Gasteiger partial charge is 0.475 e. The molecule has 2 aromatic heterocycles. The zero-order valence-electron chi connectivity index (χ0n) is 14.1. The van der Waals surface area contributed by atoms with Crippen molar-refractivity contribution in [3.8, 4) is 0 Å². The van der Waals surface area contributed by atoms with Gasteiger partial charge < -0.3 is 18.8 Å². The molecule has 26 heavy (non-hydrogen) atoms. The largest absolute Gasteiger partial charge is 0.490 e. The Morgan fingerprint density at radius 1 is 1.46 bits per heavy atom. The number of nitrogens with zero attached hydrogens (tertiary/aromatic N) is 3. The van der Waals surface area contributed by atoms with Crippen LogP contribution in [-0.2, 0) is 29.2 Å². The van der Waals surface area contributed by atoms with Gasteiger partial charge in [0.15, 0.2) is 0 Å². The Morgan fingerprint density at radius 3 is 2.77 bits per heavy atom. The minimum atomic E-state index is -5.08. The molecular weight excluding hydrogens is 355 g/mol. The molecule has 0 fully saturated rings. The number of carbonyl (C=O) groups is 1. The lowest BCUT2D eigenvalue weighted by Crippen LogP contribution is -2.29. The summed E-state index contributed by atoms with van der Waals surface area (Å²) in [6, 6.07) is 2.02. The highest BCUT2D eigenvalue weighted by atomic mass is 19.4. The van der Waals surface area contributed by atoms with Gasteiger partial charge in [0, 0.05) is 50.6 Å². The number of methoxy groups -OCH3 is 1. The maximum Gasteiger partial charge on any atom is 0.490 e. The molecule has 0 aliphatic carbocycles. The number of imidazole rings is 1. The third-order valence-electron chi connectivity index (χ3n) is 3.77. The number of carboxylic acid groups (broad SMARTS) is 1. The van der Waals surface area contributed by atoms with Gasteiger partial charge >= 0.3 is 12.1 Å². The highest BCUT2D eigenvalue weighted by Gasteiger charge is 2.38. The van der Waals surface area contributed by atoms with Crippen molar-refractivity contribution in [1.82, 2.24) is 14.5 Å². The van der Waals surface area contributed by atoms with E-state index in [2.05, 4.69) is 20.6 Å². The molecule has 0 bridgehead atoms. The number of halogens is 3. The molecule has 1 atom stereocenters. The number of fused-ring (bicyclic) bond motifs is 1. The van der Waals surface area contributed by atoms with Crippen molar-refractivity contribution in [1.29, 1.82) is 0 Å². The van der Waals surface area contributed by atoms with Crippen molar-refractivity contribution >= 4 is 5.97 Å². The van der Waals surface area contributed by atoms with Gasteiger partial charge in [0.2, 0.25) is 0 Å². The van der Waals surface area contributed by atoms with Crippen LogP contribution in [0.25, 0.3) is 0 Å². The van der Waals surface area contributed by atoms with E-state index < -0.39 is 12.1 Å². The predicted octanol–water partition coefficient (Wildman–Crippen LogP) is 2.39. The molecule has 1 aliphatic rings. The van der Waals surface area contributed by atoms with Gasteiger partial charge in [-0.25, -0.2) is 9.78 Å². The highest BCUT2D eigenvalue weighted by molar-refractivity contribution is 5.73. The quantitative estimate of drug-likeness (QED) is 0.884. The first-order chi connectivity index (χ1) is 12.3. The first-order valence-electron chi connectivity index (χ1n) is 7.82. The molecule has 0 saturated carbocycles. The van der Waals surface area contributed by atoms with Gasteiger partial charge in [-0.3, -0.25) is 4.90 Å². The van der Waals surface area contributed by atoms with E-state index in [9.17, 15) is 13.2 Å². The molecular formula is C16H20F3N3O4. The SMILES string of the molecule is COCC1CN(Cc2ccoc2)Cc2nccn2C1.O=C(O)C(F)(F)F.